The smallest absolute Gasteiger partial charge is 0.0843 e. The molecule has 1 aromatic rings. The molecule has 18 heavy (non-hydrogen) atoms. The van der Waals surface area contributed by atoms with Crippen LogP contribution in [-0.2, 0) is 4.74 Å². The van der Waals surface area contributed by atoms with Crippen molar-refractivity contribution in [3.63, 3.8) is 0 Å². The number of halogens is 2. The van der Waals surface area contributed by atoms with Crippen LogP contribution in [0.5, 0.6) is 0 Å². The highest BCUT2D eigenvalue weighted by molar-refractivity contribution is 9.13. The topological polar surface area (TPSA) is 35.2 Å². The molecule has 2 nitrogen and oxygen atoms in total. The van der Waals surface area contributed by atoms with Crippen LogP contribution < -0.4 is 5.73 Å². The van der Waals surface area contributed by atoms with Gasteiger partial charge >= 0.3 is 0 Å². The van der Waals surface area contributed by atoms with E-state index < -0.39 is 0 Å². The lowest BCUT2D eigenvalue weighted by molar-refractivity contribution is -0.0766. The molecule has 0 saturated carbocycles. The van der Waals surface area contributed by atoms with Crippen LogP contribution in [0, 0.1) is 5.92 Å². The molecule has 0 aliphatic carbocycles. The van der Waals surface area contributed by atoms with Crippen LogP contribution in [0.2, 0.25) is 0 Å². The first-order valence-electron chi connectivity index (χ1n) is 6.03. The molecule has 0 amide bonds. The predicted octanol–water partition coefficient (Wildman–Crippen LogP) is 4.87. The zero-order valence-electron chi connectivity index (χ0n) is 11.1. The summed E-state index contributed by atoms with van der Waals surface area (Å²) in [5.74, 6) is 0.338. The van der Waals surface area contributed by atoms with Crippen LogP contribution in [0.4, 0.5) is 0 Å². The quantitative estimate of drug-likeness (QED) is 0.773. The summed E-state index contributed by atoms with van der Waals surface area (Å²) < 4.78 is 8.31. The van der Waals surface area contributed by atoms with Gasteiger partial charge in [0.1, 0.15) is 0 Å². The summed E-state index contributed by atoms with van der Waals surface area (Å²) in [6.45, 7) is 8.57. The molecular weight excluding hydrogens is 378 g/mol. The molecule has 1 saturated heterocycles. The third kappa shape index (κ3) is 2.85. The Morgan fingerprint density at radius 3 is 2.39 bits per heavy atom. The highest BCUT2D eigenvalue weighted by Gasteiger charge is 2.48. The minimum atomic E-state index is -0.175. The maximum atomic E-state index is 6.47. The Morgan fingerprint density at radius 1 is 1.39 bits per heavy atom. The fourth-order valence-corrected chi connectivity index (χ4v) is 5.05. The number of hydrogen-bond acceptors (Lipinski definition) is 3. The van der Waals surface area contributed by atoms with Gasteiger partial charge in [0.05, 0.1) is 15.0 Å². The first kappa shape index (κ1) is 15.0. The van der Waals surface area contributed by atoms with Gasteiger partial charge < -0.3 is 10.5 Å². The zero-order chi connectivity index (χ0) is 13.7. The number of ether oxygens (including phenoxy) is 1. The Kier molecular flexibility index (Phi) is 4.03. The van der Waals surface area contributed by atoms with Gasteiger partial charge in [0.2, 0.25) is 0 Å². The standard InChI is InChI=1S/C13H19Br2NOS/c1-12(2)6-7(13(3,4)17-12)10(16)9-5-8(14)11(15)18-9/h5,7,10H,6,16H2,1-4H3. The third-order valence-corrected chi connectivity index (χ3v) is 6.93. The van der Waals surface area contributed by atoms with E-state index in [1.807, 2.05) is 0 Å². The van der Waals surface area contributed by atoms with Crippen molar-refractivity contribution >= 4 is 43.2 Å². The fourth-order valence-electron chi connectivity index (χ4n) is 2.89. The first-order valence-corrected chi connectivity index (χ1v) is 8.43. The van der Waals surface area contributed by atoms with E-state index in [0.717, 1.165) is 14.7 Å². The van der Waals surface area contributed by atoms with E-state index >= 15 is 0 Å². The average molecular weight is 397 g/mol. The molecular formula is C13H19Br2NOS. The summed E-state index contributed by atoms with van der Waals surface area (Å²) in [6.07, 6.45) is 0.994. The second-order valence-electron chi connectivity index (χ2n) is 6.07. The van der Waals surface area contributed by atoms with E-state index in [-0.39, 0.29) is 17.2 Å². The van der Waals surface area contributed by atoms with E-state index in [0.29, 0.717) is 5.92 Å². The number of thiophene rings is 1. The predicted molar refractivity (Wildman–Crippen MR) is 84.0 cm³/mol. The molecule has 1 aliphatic rings. The molecule has 1 aromatic heterocycles. The molecule has 1 aliphatic heterocycles. The summed E-state index contributed by atoms with van der Waals surface area (Å²) in [5.41, 5.74) is 6.21. The molecule has 0 spiro atoms. The summed E-state index contributed by atoms with van der Waals surface area (Å²) in [7, 11) is 0. The fraction of sp³-hybridized carbons (Fsp3) is 0.692. The second-order valence-corrected chi connectivity index (χ2v) is 9.33. The Balaban J connectivity index is 2.26. The van der Waals surface area contributed by atoms with Crippen molar-refractivity contribution < 1.29 is 4.74 Å². The Bertz CT molecular complexity index is 436. The van der Waals surface area contributed by atoms with Crippen LogP contribution in [0.15, 0.2) is 14.3 Å². The largest absolute Gasteiger partial charge is 0.369 e. The lowest BCUT2D eigenvalue weighted by atomic mass is 9.81. The van der Waals surface area contributed by atoms with Crippen LogP contribution in [0.3, 0.4) is 0 Å². The second kappa shape index (κ2) is 4.85. The minimum absolute atomic E-state index is 0.0226. The Morgan fingerprint density at radius 2 is 2.00 bits per heavy atom. The van der Waals surface area contributed by atoms with Gasteiger partial charge in [-0.1, -0.05) is 0 Å². The average Bonchev–Trinajstić information content (AvgIpc) is 2.63. The third-order valence-electron chi connectivity index (χ3n) is 3.57. The highest BCUT2D eigenvalue weighted by Crippen LogP contribution is 2.48. The summed E-state index contributed by atoms with van der Waals surface area (Å²) in [4.78, 5) is 1.20. The number of hydrogen-bond donors (Lipinski definition) is 1. The molecule has 2 atom stereocenters. The molecule has 2 unspecified atom stereocenters. The SMILES string of the molecule is CC1(C)CC(C(N)c2cc(Br)c(Br)s2)C(C)(C)O1. The molecule has 5 heteroatoms. The lowest BCUT2D eigenvalue weighted by Gasteiger charge is -2.30. The van der Waals surface area contributed by atoms with Gasteiger partial charge in [-0.15, -0.1) is 11.3 Å². The van der Waals surface area contributed by atoms with Gasteiger partial charge in [0.25, 0.3) is 0 Å². The molecule has 2 rings (SSSR count). The van der Waals surface area contributed by atoms with E-state index in [4.69, 9.17) is 10.5 Å². The summed E-state index contributed by atoms with van der Waals surface area (Å²) >= 11 is 8.75. The van der Waals surface area contributed by atoms with Gasteiger partial charge in [0, 0.05) is 21.3 Å². The van der Waals surface area contributed by atoms with Crippen LogP contribution in [-0.4, -0.2) is 11.2 Å². The molecule has 102 valence electrons. The molecule has 1 fully saturated rings. The van der Waals surface area contributed by atoms with Crippen LogP contribution in [0.25, 0.3) is 0 Å². The van der Waals surface area contributed by atoms with Crippen molar-refractivity contribution in [3.05, 3.63) is 19.2 Å². The van der Waals surface area contributed by atoms with Gasteiger partial charge in [-0.05, 0) is 72.0 Å². The van der Waals surface area contributed by atoms with E-state index in [1.165, 1.54) is 4.88 Å². The highest BCUT2D eigenvalue weighted by atomic mass is 79.9. The maximum Gasteiger partial charge on any atom is 0.0843 e. The Hall–Kier alpha value is 0.580. The maximum absolute atomic E-state index is 6.47. The number of rotatable bonds is 2. The Labute approximate surface area is 130 Å². The van der Waals surface area contributed by atoms with Crippen LogP contribution >= 0.6 is 43.2 Å². The molecule has 0 aromatic carbocycles. The van der Waals surface area contributed by atoms with E-state index in [9.17, 15) is 0 Å². The summed E-state index contributed by atoms with van der Waals surface area (Å²) in [5, 5.41) is 0. The van der Waals surface area contributed by atoms with Gasteiger partial charge in [0.15, 0.2) is 0 Å². The number of nitrogens with two attached hydrogens (primary N) is 1. The molecule has 2 N–H and O–H groups in total. The zero-order valence-corrected chi connectivity index (χ0v) is 15.1. The van der Waals surface area contributed by atoms with Crippen molar-refractivity contribution in [1.82, 2.24) is 0 Å². The molecule has 0 bridgehead atoms. The van der Waals surface area contributed by atoms with E-state index in [1.54, 1.807) is 11.3 Å². The van der Waals surface area contributed by atoms with Crippen molar-refractivity contribution in [2.24, 2.45) is 11.7 Å². The van der Waals surface area contributed by atoms with Crippen molar-refractivity contribution in [2.75, 3.05) is 0 Å². The summed E-state index contributed by atoms with van der Waals surface area (Å²) in [6, 6.07) is 2.13. The van der Waals surface area contributed by atoms with Gasteiger partial charge in [-0.3, -0.25) is 0 Å². The monoisotopic (exact) mass is 395 g/mol. The normalized spacial score (nSPS) is 27.4. The van der Waals surface area contributed by atoms with Crippen molar-refractivity contribution in [3.8, 4) is 0 Å². The lowest BCUT2D eigenvalue weighted by Crippen LogP contribution is -2.35. The van der Waals surface area contributed by atoms with Crippen LogP contribution in [0.1, 0.15) is 45.0 Å². The van der Waals surface area contributed by atoms with Gasteiger partial charge in [-0.25, -0.2) is 0 Å². The molecule has 0 radical (unpaired) electrons. The minimum Gasteiger partial charge on any atom is -0.369 e. The van der Waals surface area contributed by atoms with E-state index in [2.05, 4.69) is 65.6 Å². The van der Waals surface area contributed by atoms with Gasteiger partial charge in [-0.2, -0.15) is 0 Å². The van der Waals surface area contributed by atoms with Crippen molar-refractivity contribution in [2.45, 2.75) is 51.4 Å². The first-order chi connectivity index (χ1) is 8.12. The molecule has 2 heterocycles. The van der Waals surface area contributed by atoms with Crippen molar-refractivity contribution in [1.29, 1.82) is 0 Å².